The Hall–Kier alpha value is -3.79. The number of para-hydroxylation sites is 1. The predicted octanol–water partition coefficient (Wildman–Crippen LogP) is 4.00. The first-order valence-electron chi connectivity index (χ1n) is 9.07. The highest BCUT2D eigenvalue weighted by Gasteiger charge is 2.16. The van der Waals surface area contributed by atoms with E-state index in [1.807, 2.05) is 65.5 Å². The summed E-state index contributed by atoms with van der Waals surface area (Å²) in [6.07, 6.45) is 3.82. The van der Waals surface area contributed by atoms with E-state index in [9.17, 15) is 9.59 Å². The van der Waals surface area contributed by atoms with Crippen LogP contribution in [-0.2, 0) is 11.3 Å². The Bertz CT molecular complexity index is 1150. The zero-order chi connectivity index (χ0) is 19.3. The number of rotatable bonds is 5. The summed E-state index contributed by atoms with van der Waals surface area (Å²) >= 11 is 0. The third-order valence-electron chi connectivity index (χ3n) is 4.55. The van der Waals surface area contributed by atoms with Gasteiger partial charge in [-0.05, 0) is 23.6 Å². The van der Waals surface area contributed by atoms with E-state index in [1.54, 1.807) is 36.4 Å². The smallest absolute Gasteiger partial charge is 0.290 e. The summed E-state index contributed by atoms with van der Waals surface area (Å²) < 4.78 is 1.83. The Morgan fingerprint density at radius 3 is 2.25 bits per heavy atom. The monoisotopic (exact) mass is 367 g/mol. The number of fused-ring (bicyclic) bond motifs is 1. The lowest BCUT2D eigenvalue weighted by Gasteiger charge is -2.09. The summed E-state index contributed by atoms with van der Waals surface area (Å²) in [5, 5.41) is 5.07. The fourth-order valence-corrected chi connectivity index (χ4v) is 3.17. The number of ketones is 1. The standard InChI is InChI=1S/C24H18N2O2/c27-23(17-26-15-14-18-8-4-5-11-20(18)16-26)25-22-13-7-6-12-21(22)24(28)19-9-2-1-3-10-19/h1-16H,17H2/p+1. The molecule has 0 spiro atoms. The van der Waals surface area contributed by atoms with Gasteiger partial charge < -0.3 is 5.32 Å². The second-order valence-corrected chi connectivity index (χ2v) is 6.53. The summed E-state index contributed by atoms with van der Waals surface area (Å²) in [6, 6.07) is 26.1. The highest BCUT2D eigenvalue weighted by Crippen LogP contribution is 2.19. The van der Waals surface area contributed by atoms with Crippen molar-refractivity contribution in [2.75, 3.05) is 5.32 Å². The van der Waals surface area contributed by atoms with Gasteiger partial charge in [0.1, 0.15) is 0 Å². The van der Waals surface area contributed by atoms with Gasteiger partial charge in [-0.25, -0.2) is 0 Å². The maximum atomic E-state index is 12.8. The molecule has 0 atom stereocenters. The molecule has 1 N–H and O–H groups in total. The molecule has 0 aliphatic carbocycles. The largest absolute Gasteiger partial charge is 0.320 e. The van der Waals surface area contributed by atoms with Gasteiger partial charge in [0.25, 0.3) is 5.91 Å². The fourth-order valence-electron chi connectivity index (χ4n) is 3.17. The number of carbonyl (C=O) groups excluding carboxylic acids is 2. The van der Waals surface area contributed by atoms with Gasteiger partial charge in [-0.15, -0.1) is 0 Å². The third kappa shape index (κ3) is 3.81. The number of nitrogens with one attached hydrogen (secondary N) is 1. The van der Waals surface area contributed by atoms with E-state index in [-0.39, 0.29) is 18.2 Å². The van der Waals surface area contributed by atoms with Crippen molar-refractivity contribution in [3.63, 3.8) is 0 Å². The van der Waals surface area contributed by atoms with Crippen molar-refractivity contribution in [1.82, 2.24) is 0 Å². The van der Waals surface area contributed by atoms with Gasteiger partial charge in [0.15, 0.2) is 18.2 Å². The molecular weight excluding hydrogens is 348 g/mol. The van der Waals surface area contributed by atoms with Crippen molar-refractivity contribution in [1.29, 1.82) is 0 Å². The number of carbonyl (C=O) groups is 2. The van der Waals surface area contributed by atoms with Crippen molar-refractivity contribution in [2.45, 2.75) is 6.54 Å². The molecule has 136 valence electrons. The van der Waals surface area contributed by atoms with Crippen LogP contribution in [0.1, 0.15) is 15.9 Å². The first-order chi connectivity index (χ1) is 13.7. The Morgan fingerprint density at radius 2 is 1.43 bits per heavy atom. The molecule has 0 saturated carbocycles. The number of aromatic nitrogens is 1. The van der Waals surface area contributed by atoms with Gasteiger partial charge >= 0.3 is 0 Å². The zero-order valence-electron chi connectivity index (χ0n) is 15.2. The van der Waals surface area contributed by atoms with E-state index in [0.29, 0.717) is 16.8 Å². The second kappa shape index (κ2) is 7.84. The minimum Gasteiger partial charge on any atom is -0.320 e. The summed E-state index contributed by atoms with van der Waals surface area (Å²) in [7, 11) is 0. The minimum absolute atomic E-state index is 0.116. The zero-order valence-corrected chi connectivity index (χ0v) is 15.2. The van der Waals surface area contributed by atoms with Gasteiger partial charge in [-0.1, -0.05) is 60.7 Å². The molecule has 0 unspecified atom stereocenters. The molecule has 0 saturated heterocycles. The molecule has 1 heterocycles. The first-order valence-corrected chi connectivity index (χ1v) is 9.07. The van der Waals surface area contributed by atoms with E-state index < -0.39 is 0 Å². The molecule has 0 bridgehead atoms. The molecule has 0 aliphatic heterocycles. The number of anilines is 1. The van der Waals surface area contributed by atoms with E-state index in [2.05, 4.69) is 5.32 Å². The van der Waals surface area contributed by atoms with Crippen LogP contribution in [0.5, 0.6) is 0 Å². The van der Waals surface area contributed by atoms with Gasteiger partial charge in [-0.2, -0.15) is 4.57 Å². The third-order valence-corrected chi connectivity index (χ3v) is 4.55. The van der Waals surface area contributed by atoms with Crippen LogP contribution < -0.4 is 9.88 Å². The molecule has 28 heavy (non-hydrogen) atoms. The number of nitrogens with zero attached hydrogens (tertiary/aromatic N) is 1. The van der Waals surface area contributed by atoms with Gasteiger partial charge in [0.2, 0.25) is 6.54 Å². The average Bonchev–Trinajstić information content (AvgIpc) is 2.74. The predicted molar refractivity (Wildman–Crippen MR) is 109 cm³/mol. The maximum absolute atomic E-state index is 12.8. The van der Waals surface area contributed by atoms with Crippen LogP contribution in [0.4, 0.5) is 5.69 Å². The maximum Gasteiger partial charge on any atom is 0.290 e. The van der Waals surface area contributed by atoms with E-state index in [0.717, 1.165) is 10.8 Å². The highest BCUT2D eigenvalue weighted by atomic mass is 16.2. The average molecular weight is 367 g/mol. The van der Waals surface area contributed by atoms with E-state index in [4.69, 9.17) is 0 Å². The first kappa shape index (κ1) is 17.6. The fraction of sp³-hybridized carbons (Fsp3) is 0.0417. The lowest BCUT2D eigenvalue weighted by molar-refractivity contribution is -0.682. The number of pyridine rings is 1. The lowest BCUT2D eigenvalue weighted by atomic mass is 10.0. The van der Waals surface area contributed by atoms with Gasteiger partial charge in [0, 0.05) is 22.6 Å². The molecule has 0 radical (unpaired) electrons. The Morgan fingerprint density at radius 1 is 0.750 bits per heavy atom. The topological polar surface area (TPSA) is 50.0 Å². The van der Waals surface area contributed by atoms with E-state index in [1.165, 1.54) is 0 Å². The Kier molecular flexibility index (Phi) is 4.93. The molecule has 1 aromatic heterocycles. The molecule has 4 rings (SSSR count). The van der Waals surface area contributed by atoms with Gasteiger partial charge in [0.05, 0.1) is 5.69 Å². The number of hydrogen-bond acceptors (Lipinski definition) is 2. The Balaban J connectivity index is 1.54. The second-order valence-electron chi connectivity index (χ2n) is 6.53. The number of amides is 1. The van der Waals surface area contributed by atoms with Crippen LogP contribution in [0.3, 0.4) is 0 Å². The summed E-state index contributed by atoms with van der Waals surface area (Å²) in [5.41, 5.74) is 1.58. The SMILES string of the molecule is O=C(C[n+]1ccc2ccccc2c1)Nc1ccccc1C(=O)c1ccccc1. The highest BCUT2D eigenvalue weighted by molar-refractivity contribution is 6.13. The molecular formula is C24H19N2O2+. The van der Waals surface area contributed by atoms with Crippen molar-refractivity contribution in [2.24, 2.45) is 0 Å². The molecule has 4 heteroatoms. The number of benzene rings is 3. The number of hydrogen-bond donors (Lipinski definition) is 1. The summed E-state index contributed by atoms with van der Waals surface area (Å²) in [5.74, 6) is -0.302. The minimum atomic E-state index is -0.186. The quantitative estimate of drug-likeness (QED) is 0.428. The molecule has 0 aliphatic rings. The van der Waals surface area contributed by atoms with Crippen LogP contribution in [0.15, 0.2) is 97.3 Å². The van der Waals surface area contributed by atoms with E-state index >= 15 is 0 Å². The van der Waals surface area contributed by atoms with Crippen molar-refractivity contribution < 1.29 is 14.2 Å². The Labute approximate surface area is 163 Å². The molecule has 4 nitrogen and oxygen atoms in total. The normalized spacial score (nSPS) is 10.6. The van der Waals surface area contributed by atoms with Crippen LogP contribution >= 0.6 is 0 Å². The van der Waals surface area contributed by atoms with Crippen LogP contribution in [-0.4, -0.2) is 11.7 Å². The summed E-state index contributed by atoms with van der Waals surface area (Å²) in [6.45, 7) is 0.165. The van der Waals surface area contributed by atoms with Crippen LogP contribution in [0.25, 0.3) is 10.8 Å². The van der Waals surface area contributed by atoms with Crippen molar-refractivity contribution in [3.05, 3.63) is 108 Å². The van der Waals surface area contributed by atoms with Crippen LogP contribution in [0, 0.1) is 0 Å². The molecule has 3 aromatic carbocycles. The molecule has 4 aromatic rings. The van der Waals surface area contributed by atoms with Crippen molar-refractivity contribution in [3.8, 4) is 0 Å². The van der Waals surface area contributed by atoms with Crippen LogP contribution in [0.2, 0.25) is 0 Å². The lowest BCUT2D eigenvalue weighted by Crippen LogP contribution is -2.39. The molecule has 1 amide bonds. The van der Waals surface area contributed by atoms with Crippen molar-refractivity contribution >= 4 is 28.2 Å². The molecule has 0 fully saturated rings. The van der Waals surface area contributed by atoms with Gasteiger partial charge in [-0.3, -0.25) is 9.59 Å². The summed E-state index contributed by atoms with van der Waals surface area (Å²) in [4.78, 5) is 25.4.